The average Bonchev–Trinajstić information content (AvgIpc) is 2.34. The summed E-state index contributed by atoms with van der Waals surface area (Å²) in [5.41, 5.74) is -0.943. The summed E-state index contributed by atoms with van der Waals surface area (Å²) in [5.74, 6) is -0.170. The predicted octanol–water partition coefficient (Wildman–Crippen LogP) is 2.86. The van der Waals surface area contributed by atoms with Crippen molar-refractivity contribution >= 4 is 11.9 Å². The van der Waals surface area contributed by atoms with Crippen LogP contribution >= 0.6 is 0 Å². The van der Waals surface area contributed by atoms with Crippen molar-refractivity contribution in [3.63, 3.8) is 0 Å². The van der Waals surface area contributed by atoms with E-state index in [-0.39, 0.29) is 5.91 Å². The second kappa shape index (κ2) is 6.40. The summed E-state index contributed by atoms with van der Waals surface area (Å²) in [5, 5.41) is 11.9. The quantitative estimate of drug-likeness (QED) is 0.777. The molecule has 0 saturated heterocycles. The molecule has 19 heavy (non-hydrogen) atoms. The first kappa shape index (κ1) is 14.4. The van der Waals surface area contributed by atoms with E-state index in [0.717, 1.165) is 25.2 Å². The highest BCUT2D eigenvalue weighted by Crippen LogP contribution is 2.32. The van der Waals surface area contributed by atoms with Crippen molar-refractivity contribution in [1.82, 2.24) is 5.32 Å². The highest BCUT2D eigenvalue weighted by molar-refractivity contribution is 5.87. The molecule has 4 nitrogen and oxygen atoms in total. The smallest absolute Gasteiger partial charge is 0.329 e. The Morgan fingerprint density at radius 1 is 1.11 bits per heavy atom. The summed E-state index contributed by atoms with van der Waals surface area (Å²) >= 11 is 0. The van der Waals surface area contributed by atoms with Crippen LogP contribution in [0.25, 0.3) is 0 Å². The van der Waals surface area contributed by atoms with Crippen molar-refractivity contribution in [3.05, 3.63) is 0 Å². The Kier molecular flexibility index (Phi) is 4.83. The molecule has 108 valence electrons. The van der Waals surface area contributed by atoms with Crippen LogP contribution in [0.3, 0.4) is 0 Å². The van der Waals surface area contributed by atoms with Crippen LogP contribution in [0.1, 0.15) is 70.6 Å². The van der Waals surface area contributed by atoms with Crippen LogP contribution in [-0.4, -0.2) is 22.5 Å². The number of amides is 1. The highest BCUT2D eigenvalue weighted by Gasteiger charge is 2.45. The molecule has 1 amide bonds. The maximum absolute atomic E-state index is 11.8. The van der Waals surface area contributed by atoms with E-state index in [0.29, 0.717) is 19.3 Å². The number of hydrogen-bond donors (Lipinski definition) is 2. The van der Waals surface area contributed by atoms with E-state index >= 15 is 0 Å². The Morgan fingerprint density at radius 2 is 1.79 bits per heavy atom. The van der Waals surface area contributed by atoms with Gasteiger partial charge in [0.25, 0.3) is 0 Å². The molecule has 0 aromatic carbocycles. The van der Waals surface area contributed by atoms with Gasteiger partial charge in [-0.2, -0.15) is 0 Å². The van der Waals surface area contributed by atoms with Gasteiger partial charge in [-0.1, -0.05) is 32.1 Å². The summed E-state index contributed by atoms with van der Waals surface area (Å²) in [4.78, 5) is 23.0. The van der Waals surface area contributed by atoms with Crippen molar-refractivity contribution < 1.29 is 14.7 Å². The molecule has 2 aliphatic carbocycles. The molecule has 0 aromatic heterocycles. The fourth-order valence-electron chi connectivity index (χ4n) is 3.28. The van der Waals surface area contributed by atoms with Gasteiger partial charge < -0.3 is 10.4 Å². The molecule has 2 saturated carbocycles. The number of aliphatic carboxylic acids is 1. The lowest BCUT2D eigenvalue weighted by Crippen LogP contribution is -2.59. The SMILES string of the molecule is O=C(CCCC1CCCCC1)NC1(C(=O)O)CCC1. The van der Waals surface area contributed by atoms with E-state index in [1.54, 1.807) is 0 Å². The molecule has 0 atom stereocenters. The van der Waals surface area contributed by atoms with Crippen LogP contribution in [-0.2, 0) is 9.59 Å². The number of carboxylic acid groups (broad SMARTS) is 1. The minimum atomic E-state index is -0.943. The minimum Gasteiger partial charge on any atom is -0.480 e. The Bertz CT molecular complexity index is 330. The lowest BCUT2D eigenvalue weighted by molar-refractivity contribution is -0.151. The van der Waals surface area contributed by atoms with Gasteiger partial charge in [0.15, 0.2) is 0 Å². The van der Waals surface area contributed by atoms with Crippen molar-refractivity contribution in [2.45, 2.75) is 76.2 Å². The van der Waals surface area contributed by atoms with Gasteiger partial charge in [0.05, 0.1) is 0 Å². The first-order valence-electron chi connectivity index (χ1n) is 7.67. The highest BCUT2D eigenvalue weighted by atomic mass is 16.4. The maximum atomic E-state index is 11.8. The van der Waals surface area contributed by atoms with Crippen LogP contribution in [0.15, 0.2) is 0 Å². The first-order valence-corrected chi connectivity index (χ1v) is 7.67. The fraction of sp³-hybridized carbons (Fsp3) is 0.867. The molecule has 2 fully saturated rings. The molecule has 0 spiro atoms. The molecule has 0 unspecified atom stereocenters. The van der Waals surface area contributed by atoms with Gasteiger partial charge in [0.2, 0.25) is 5.91 Å². The third-order valence-electron chi connectivity index (χ3n) is 4.74. The lowest BCUT2D eigenvalue weighted by atomic mass is 9.76. The molecule has 2 aliphatic rings. The van der Waals surface area contributed by atoms with Crippen LogP contribution < -0.4 is 5.32 Å². The first-order chi connectivity index (χ1) is 9.12. The van der Waals surface area contributed by atoms with Gasteiger partial charge in [-0.15, -0.1) is 0 Å². The van der Waals surface area contributed by atoms with E-state index in [1.165, 1.54) is 32.1 Å². The van der Waals surface area contributed by atoms with Crippen LogP contribution in [0, 0.1) is 5.92 Å². The number of hydrogen-bond acceptors (Lipinski definition) is 2. The second-order valence-electron chi connectivity index (χ2n) is 6.19. The third-order valence-corrected chi connectivity index (χ3v) is 4.74. The Balaban J connectivity index is 1.65. The molecule has 2 N–H and O–H groups in total. The number of carboxylic acids is 1. The Morgan fingerprint density at radius 3 is 2.32 bits per heavy atom. The normalized spacial score (nSPS) is 22.5. The number of rotatable bonds is 6. The summed E-state index contributed by atoms with van der Waals surface area (Å²) in [6.07, 6.45) is 11.2. The van der Waals surface area contributed by atoms with Gasteiger partial charge in [-0.25, -0.2) is 4.79 Å². The summed E-state index contributed by atoms with van der Waals surface area (Å²) in [7, 11) is 0. The fourth-order valence-corrected chi connectivity index (χ4v) is 3.28. The van der Waals surface area contributed by atoms with Gasteiger partial charge in [0.1, 0.15) is 5.54 Å². The maximum Gasteiger partial charge on any atom is 0.329 e. The zero-order valence-electron chi connectivity index (χ0n) is 11.6. The van der Waals surface area contributed by atoms with E-state index in [2.05, 4.69) is 5.32 Å². The van der Waals surface area contributed by atoms with Gasteiger partial charge in [-0.3, -0.25) is 4.79 Å². The zero-order valence-corrected chi connectivity index (χ0v) is 11.6. The number of carbonyl (C=O) groups is 2. The zero-order chi connectivity index (χ0) is 13.7. The largest absolute Gasteiger partial charge is 0.480 e. The Hall–Kier alpha value is -1.06. The summed E-state index contributed by atoms with van der Waals surface area (Å²) in [6.45, 7) is 0. The van der Waals surface area contributed by atoms with E-state index in [1.807, 2.05) is 0 Å². The lowest BCUT2D eigenvalue weighted by Gasteiger charge is -2.38. The molecule has 0 aromatic rings. The van der Waals surface area contributed by atoms with Crippen molar-refractivity contribution in [2.75, 3.05) is 0 Å². The Labute approximate surface area is 115 Å². The van der Waals surface area contributed by atoms with Crippen LogP contribution in [0.4, 0.5) is 0 Å². The molecule has 2 rings (SSSR count). The molecular weight excluding hydrogens is 242 g/mol. The second-order valence-corrected chi connectivity index (χ2v) is 6.19. The van der Waals surface area contributed by atoms with Gasteiger partial charge >= 0.3 is 5.97 Å². The van der Waals surface area contributed by atoms with E-state index in [9.17, 15) is 9.59 Å². The van der Waals surface area contributed by atoms with Gasteiger partial charge in [0, 0.05) is 6.42 Å². The number of carbonyl (C=O) groups excluding carboxylic acids is 1. The topological polar surface area (TPSA) is 66.4 Å². The van der Waals surface area contributed by atoms with E-state index < -0.39 is 11.5 Å². The van der Waals surface area contributed by atoms with Crippen molar-refractivity contribution in [2.24, 2.45) is 5.92 Å². The molecular formula is C15H25NO3. The molecule has 4 heteroatoms. The van der Waals surface area contributed by atoms with Crippen LogP contribution in [0.2, 0.25) is 0 Å². The summed E-state index contributed by atoms with van der Waals surface area (Å²) < 4.78 is 0. The molecule has 0 bridgehead atoms. The predicted molar refractivity (Wildman–Crippen MR) is 72.8 cm³/mol. The average molecular weight is 267 g/mol. The third kappa shape index (κ3) is 3.71. The monoisotopic (exact) mass is 267 g/mol. The van der Waals surface area contributed by atoms with Crippen LogP contribution in [0.5, 0.6) is 0 Å². The minimum absolute atomic E-state index is 0.0853. The number of nitrogens with one attached hydrogen (secondary N) is 1. The van der Waals surface area contributed by atoms with E-state index in [4.69, 9.17) is 5.11 Å². The molecule has 0 heterocycles. The van der Waals surface area contributed by atoms with Crippen molar-refractivity contribution in [1.29, 1.82) is 0 Å². The molecule has 0 radical (unpaired) electrons. The standard InChI is InChI=1S/C15H25NO3/c17-13(16-15(14(18)19)10-5-11-15)9-4-8-12-6-2-1-3-7-12/h12H,1-11H2,(H,16,17)(H,18,19). The molecule has 0 aliphatic heterocycles. The van der Waals surface area contributed by atoms with Crippen molar-refractivity contribution in [3.8, 4) is 0 Å². The summed E-state index contributed by atoms with van der Waals surface area (Å²) in [6, 6.07) is 0. The van der Waals surface area contributed by atoms with Gasteiger partial charge in [-0.05, 0) is 38.0 Å².